The summed E-state index contributed by atoms with van der Waals surface area (Å²) in [5.74, 6) is -0.0949. The SMILES string of the molecule is Cc1cc(C(=O)N(CC(C)O)C(C)C)c2c(C)nn(C)c2n1. The highest BCUT2D eigenvalue weighted by Gasteiger charge is 2.24. The van der Waals surface area contributed by atoms with Crippen LogP contribution in [0, 0.1) is 13.8 Å². The monoisotopic (exact) mass is 304 g/mol. The predicted octanol–water partition coefficient (Wildman–Crippen LogP) is 1.82. The van der Waals surface area contributed by atoms with Crippen LogP contribution >= 0.6 is 0 Å². The average molecular weight is 304 g/mol. The van der Waals surface area contributed by atoms with Crippen molar-refractivity contribution in [3.63, 3.8) is 0 Å². The Morgan fingerprint density at radius 2 is 2.00 bits per heavy atom. The van der Waals surface area contributed by atoms with Crippen molar-refractivity contribution in [1.82, 2.24) is 19.7 Å². The fourth-order valence-corrected chi connectivity index (χ4v) is 2.71. The zero-order chi connectivity index (χ0) is 16.6. The number of fused-ring (bicyclic) bond motifs is 1. The number of aliphatic hydroxyl groups is 1. The average Bonchev–Trinajstić information content (AvgIpc) is 2.69. The number of hydrogen-bond donors (Lipinski definition) is 1. The lowest BCUT2D eigenvalue weighted by atomic mass is 10.1. The van der Waals surface area contributed by atoms with E-state index >= 15 is 0 Å². The minimum Gasteiger partial charge on any atom is -0.392 e. The van der Waals surface area contributed by atoms with Gasteiger partial charge in [0.05, 0.1) is 22.7 Å². The first-order valence-electron chi connectivity index (χ1n) is 7.52. The van der Waals surface area contributed by atoms with Crippen LogP contribution in [0.5, 0.6) is 0 Å². The van der Waals surface area contributed by atoms with E-state index < -0.39 is 6.10 Å². The Morgan fingerprint density at radius 1 is 1.36 bits per heavy atom. The zero-order valence-electron chi connectivity index (χ0n) is 14.1. The normalized spacial score (nSPS) is 12.9. The van der Waals surface area contributed by atoms with Crippen LogP contribution in [0.1, 0.15) is 42.5 Å². The lowest BCUT2D eigenvalue weighted by molar-refractivity contribution is 0.0580. The van der Waals surface area contributed by atoms with Gasteiger partial charge in [-0.3, -0.25) is 9.48 Å². The van der Waals surface area contributed by atoms with Gasteiger partial charge in [-0.05, 0) is 40.7 Å². The van der Waals surface area contributed by atoms with Crippen LogP contribution in [-0.2, 0) is 7.05 Å². The molecule has 22 heavy (non-hydrogen) atoms. The summed E-state index contributed by atoms with van der Waals surface area (Å²) in [4.78, 5) is 19.2. The van der Waals surface area contributed by atoms with Gasteiger partial charge in [0.15, 0.2) is 5.65 Å². The molecule has 0 bridgehead atoms. The molecule has 0 aromatic carbocycles. The molecule has 0 aliphatic rings. The lowest BCUT2D eigenvalue weighted by Gasteiger charge is -2.28. The Hall–Kier alpha value is -1.95. The van der Waals surface area contributed by atoms with Gasteiger partial charge >= 0.3 is 0 Å². The molecular weight excluding hydrogens is 280 g/mol. The smallest absolute Gasteiger partial charge is 0.255 e. The van der Waals surface area contributed by atoms with E-state index in [4.69, 9.17) is 0 Å². The second kappa shape index (κ2) is 6.04. The minimum atomic E-state index is -0.570. The highest BCUT2D eigenvalue weighted by atomic mass is 16.3. The van der Waals surface area contributed by atoms with Gasteiger partial charge in [-0.2, -0.15) is 5.10 Å². The fraction of sp³-hybridized carbons (Fsp3) is 0.562. The maximum absolute atomic E-state index is 13.0. The zero-order valence-corrected chi connectivity index (χ0v) is 14.1. The summed E-state index contributed by atoms with van der Waals surface area (Å²) in [6.45, 7) is 9.63. The Morgan fingerprint density at radius 3 is 2.55 bits per heavy atom. The highest BCUT2D eigenvalue weighted by Crippen LogP contribution is 2.23. The molecule has 6 nitrogen and oxygen atoms in total. The molecule has 0 aliphatic carbocycles. The molecule has 2 rings (SSSR count). The van der Waals surface area contributed by atoms with E-state index in [9.17, 15) is 9.90 Å². The fourth-order valence-electron chi connectivity index (χ4n) is 2.71. The molecule has 0 fully saturated rings. The van der Waals surface area contributed by atoms with E-state index in [0.29, 0.717) is 17.8 Å². The van der Waals surface area contributed by atoms with Crippen LogP contribution in [0.2, 0.25) is 0 Å². The molecule has 2 aromatic rings. The van der Waals surface area contributed by atoms with Gasteiger partial charge in [-0.1, -0.05) is 0 Å². The molecular formula is C16H24N4O2. The number of carbonyl (C=O) groups is 1. The molecule has 6 heteroatoms. The molecule has 120 valence electrons. The third kappa shape index (κ3) is 2.97. The van der Waals surface area contributed by atoms with Crippen molar-refractivity contribution in [3.8, 4) is 0 Å². The predicted molar refractivity (Wildman–Crippen MR) is 85.8 cm³/mol. The van der Waals surface area contributed by atoms with E-state index in [-0.39, 0.29) is 11.9 Å². The van der Waals surface area contributed by atoms with E-state index in [0.717, 1.165) is 16.8 Å². The van der Waals surface area contributed by atoms with Crippen LogP contribution in [-0.4, -0.2) is 49.4 Å². The number of aromatic nitrogens is 3. The van der Waals surface area contributed by atoms with E-state index in [2.05, 4.69) is 10.1 Å². The van der Waals surface area contributed by atoms with Crippen LogP contribution in [0.25, 0.3) is 11.0 Å². The van der Waals surface area contributed by atoms with Crippen LogP contribution < -0.4 is 0 Å². The molecule has 0 aliphatic heterocycles. The Bertz CT molecular complexity index is 704. The second-order valence-corrected chi connectivity index (χ2v) is 6.12. The van der Waals surface area contributed by atoms with Crippen molar-refractivity contribution < 1.29 is 9.90 Å². The number of aliphatic hydroxyl groups excluding tert-OH is 1. The highest BCUT2D eigenvalue weighted by molar-refractivity contribution is 6.06. The van der Waals surface area contributed by atoms with Crippen molar-refractivity contribution in [2.24, 2.45) is 7.05 Å². The van der Waals surface area contributed by atoms with Gasteiger partial charge in [-0.25, -0.2) is 4.98 Å². The molecule has 0 saturated heterocycles. The first-order chi connectivity index (χ1) is 10.2. The van der Waals surface area contributed by atoms with Crippen molar-refractivity contribution in [3.05, 3.63) is 23.0 Å². The summed E-state index contributed by atoms with van der Waals surface area (Å²) in [6, 6.07) is 1.80. The molecule has 0 spiro atoms. The van der Waals surface area contributed by atoms with Crippen molar-refractivity contribution in [2.45, 2.75) is 46.8 Å². The first-order valence-corrected chi connectivity index (χ1v) is 7.52. The van der Waals surface area contributed by atoms with Crippen LogP contribution in [0.15, 0.2) is 6.07 Å². The van der Waals surface area contributed by atoms with Crippen molar-refractivity contribution >= 4 is 16.9 Å². The van der Waals surface area contributed by atoms with Crippen LogP contribution in [0.4, 0.5) is 0 Å². The van der Waals surface area contributed by atoms with Gasteiger partial charge in [0.2, 0.25) is 0 Å². The largest absolute Gasteiger partial charge is 0.392 e. The second-order valence-electron chi connectivity index (χ2n) is 6.12. The van der Waals surface area contributed by atoms with Gasteiger partial charge in [0, 0.05) is 25.3 Å². The number of aryl methyl sites for hydroxylation is 3. The third-order valence-corrected chi connectivity index (χ3v) is 3.67. The summed E-state index contributed by atoms with van der Waals surface area (Å²) in [5.41, 5.74) is 2.87. The van der Waals surface area contributed by atoms with Crippen molar-refractivity contribution in [1.29, 1.82) is 0 Å². The summed E-state index contributed by atoms with van der Waals surface area (Å²) >= 11 is 0. The quantitative estimate of drug-likeness (QED) is 0.935. The Kier molecular flexibility index (Phi) is 4.51. The maximum atomic E-state index is 13.0. The summed E-state index contributed by atoms with van der Waals surface area (Å²) in [7, 11) is 1.83. The Labute approximate surface area is 130 Å². The summed E-state index contributed by atoms with van der Waals surface area (Å²) in [5, 5.41) is 14.8. The molecule has 0 saturated carbocycles. The molecule has 1 N–H and O–H groups in total. The van der Waals surface area contributed by atoms with Gasteiger partial charge < -0.3 is 10.0 Å². The number of pyridine rings is 1. The molecule has 0 radical (unpaired) electrons. The number of carbonyl (C=O) groups excluding carboxylic acids is 1. The molecule has 1 atom stereocenters. The molecule has 2 aromatic heterocycles. The topological polar surface area (TPSA) is 71.2 Å². The van der Waals surface area contributed by atoms with Crippen molar-refractivity contribution in [2.75, 3.05) is 6.54 Å². The van der Waals surface area contributed by atoms with Gasteiger partial charge in [-0.15, -0.1) is 0 Å². The third-order valence-electron chi connectivity index (χ3n) is 3.67. The van der Waals surface area contributed by atoms with E-state index in [1.54, 1.807) is 22.6 Å². The van der Waals surface area contributed by atoms with E-state index in [1.165, 1.54) is 0 Å². The minimum absolute atomic E-state index is 0.00241. The standard InChI is InChI=1S/C16H24N4O2/c1-9(2)20(8-11(4)21)16(22)13-7-10(3)17-15-14(13)12(5)18-19(15)6/h7,9,11,21H,8H2,1-6H3. The summed E-state index contributed by atoms with van der Waals surface area (Å²) in [6.07, 6.45) is -0.570. The van der Waals surface area contributed by atoms with E-state index in [1.807, 2.05) is 34.7 Å². The number of rotatable bonds is 4. The lowest BCUT2D eigenvalue weighted by Crippen LogP contribution is -2.41. The number of hydrogen-bond acceptors (Lipinski definition) is 4. The first kappa shape index (κ1) is 16.4. The summed E-state index contributed by atoms with van der Waals surface area (Å²) < 4.78 is 1.70. The van der Waals surface area contributed by atoms with Gasteiger partial charge in [0.25, 0.3) is 5.91 Å². The Balaban J connectivity index is 2.60. The molecule has 2 heterocycles. The van der Waals surface area contributed by atoms with Crippen LogP contribution in [0.3, 0.4) is 0 Å². The molecule has 1 amide bonds. The molecule has 1 unspecified atom stereocenters. The maximum Gasteiger partial charge on any atom is 0.255 e. The number of amides is 1. The van der Waals surface area contributed by atoms with Gasteiger partial charge in [0.1, 0.15) is 0 Å². The number of nitrogens with zero attached hydrogens (tertiary/aromatic N) is 4.